The van der Waals surface area contributed by atoms with Crippen LogP contribution in [0.1, 0.15) is 29.4 Å². The molecule has 4 nitrogen and oxygen atoms in total. The van der Waals surface area contributed by atoms with Gasteiger partial charge in [0.25, 0.3) is 0 Å². The fraction of sp³-hybridized carbons (Fsp3) is 0.333. The minimum absolute atomic E-state index is 0.265. The summed E-state index contributed by atoms with van der Waals surface area (Å²) in [6.07, 6.45) is 4.92. The number of carbonyl (C=O) groups is 1. The van der Waals surface area contributed by atoms with Crippen LogP contribution in [-0.4, -0.2) is 22.6 Å². The van der Waals surface area contributed by atoms with Gasteiger partial charge in [-0.3, -0.25) is 0 Å². The van der Waals surface area contributed by atoms with Crippen molar-refractivity contribution in [2.45, 2.75) is 20.3 Å². The van der Waals surface area contributed by atoms with Gasteiger partial charge in [-0.15, -0.1) is 0 Å². The number of nitrogens with zero attached hydrogens (tertiary/aromatic N) is 1. The molecule has 0 spiro atoms. The van der Waals surface area contributed by atoms with Gasteiger partial charge in [-0.05, 0) is 32.4 Å². The van der Waals surface area contributed by atoms with Crippen molar-refractivity contribution in [1.29, 1.82) is 0 Å². The SMILES string of the molecule is C/C=C/CCNc1cc(C(=O)O)cc(C)n1. The third kappa shape index (κ3) is 3.73. The zero-order valence-electron chi connectivity index (χ0n) is 9.53. The van der Waals surface area contributed by atoms with E-state index in [-0.39, 0.29) is 5.56 Å². The molecule has 0 aromatic carbocycles. The lowest BCUT2D eigenvalue weighted by atomic mass is 10.2. The fourth-order valence-electron chi connectivity index (χ4n) is 1.33. The molecule has 86 valence electrons. The van der Waals surface area contributed by atoms with Crippen molar-refractivity contribution >= 4 is 11.8 Å². The second-order valence-electron chi connectivity index (χ2n) is 3.47. The molecule has 0 unspecified atom stereocenters. The highest BCUT2D eigenvalue weighted by Crippen LogP contribution is 2.10. The third-order valence-corrected chi connectivity index (χ3v) is 2.05. The first-order valence-corrected chi connectivity index (χ1v) is 5.20. The van der Waals surface area contributed by atoms with Crippen molar-refractivity contribution in [2.75, 3.05) is 11.9 Å². The molecule has 16 heavy (non-hydrogen) atoms. The highest BCUT2D eigenvalue weighted by Gasteiger charge is 2.05. The molecule has 4 heteroatoms. The second kappa shape index (κ2) is 5.90. The number of hydrogen-bond acceptors (Lipinski definition) is 3. The normalized spacial score (nSPS) is 10.6. The van der Waals surface area contributed by atoms with Crippen molar-refractivity contribution in [3.63, 3.8) is 0 Å². The summed E-state index contributed by atoms with van der Waals surface area (Å²) in [7, 11) is 0. The van der Waals surface area contributed by atoms with Crippen LogP contribution in [0.4, 0.5) is 5.82 Å². The smallest absolute Gasteiger partial charge is 0.335 e. The molecule has 0 aliphatic rings. The fourth-order valence-corrected chi connectivity index (χ4v) is 1.33. The predicted molar refractivity (Wildman–Crippen MR) is 63.9 cm³/mol. The Morgan fingerprint density at radius 3 is 2.94 bits per heavy atom. The molecule has 0 aliphatic heterocycles. The van der Waals surface area contributed by atoms with Gasteiger partial charge >= 0.3 is 5.97 Å². The van der Waals surface area contributed by atoms with Gasteiger partial charge in [-0.2, -0.15) is 0 Å². The Morgan fingerprint density at radius 1 is 1.56 bits per heavy atom. The van der Waals surface area contributed by atoms with Crippen LogP contribution in [0.5, 0.6) is 0 Å². The van der Waals surface area contributed by atoms with Gasteiger partial charge in [-0.25, -0.2) is 9.78 Å². The molecule has 1 rings (SSSR count). The Labute approximate surface area is 95.0 Å². The number of rotatable bonds is 5. The lowest BCUT2D eigenvalue weighted by Crippen LogP contribution is -2.06. The van der Waals surface area contributed by atoms with Crippen LogP contribution >= 0.6 is 0 Å². The Balaban J connectivity index is 2.69. The van der Waals surface area contributed by atoms with Gasteiger partial charge in [0.05, 0.1) is 5.56 Å². The standard InChI is InChI=1S/C12H16N2O2/c1-3-4-5-6-13-11-8-10(12(15)16)7-9(2)14-11/h3-4,7-8H,5-6H2,1-2H3,(H,13,14)(H,15,16)/b4-3+. The Kier molecular flexibility index (Phi) is 4.51. The first kappa shape index (κ1) is 12.2. The van der Waals surface area contributed by atoms with E-state index < -0.39 is 5.97 Å². The second-order valence-corrected chi connectivity index (χ2v) is 3.47. The molecule has 0 amide bonds. The van der Waals surface area contributed by atoms with Crippen molar-refractivity contribution in [2.24, 2.45) is 0 Å². The molecule has 0 atom stereocenters. The maximum Gasteiger partial charge on any atom is 0.335 e. The molecule has 0 saturated carbocycles. The molecular formula is C12H16N2O2. The number of nitrogens with one attached hydrogen (secondary N) is 1. The lowest BCUT2D eigenvalue weighted by molar-refractivity contribution is 0.0696. The molecule has 0 fully saturated rings. The van der Waals surface area contributed by atoms with Gasteiger partial charge < -0.3 is 10.4 Å². The number of allylic oxidation sites excluding steroid dienone is 1. The van der Waals surface area contributed by atoms with Crippen molar-refractivity contribution in [3.05, 3.63) is 35.5 Å². The van der Waals surface area contributed by atoms with Gasteiger partial charge in [0.1, 0.15) is 5.82 Å². The first-order valence-electron chi connectivity index (χ1n) is 5.20. The zero-order chi connectivity index (χ0) is 12.0. The van der Waals surface area contributed by atoms with Crippen molar-refractivity contribution in [1.82, 2.24) is 4.98 Å². The minimum Gasteiger partial charge on any atom is -0.478 e. The number of carboxylic acid groups (broad SMARTS) is 1. The number of pyridine rings is 1. The predicted octanol–water partition coefficient (Wildman–Crippen LogP) is 2.47. The van der Waals surface area contributed by atoms with Crippen LogP contribution in [0.2, 0.25) is 0 Å². The van der Waals surface area contributed by atoms with Crippen LogP contribution in [0, 0.1) is 6.92 Å². The average molecular weight is 220 g/mol. The van der Waals surface area contributed by atoms with E-state index >= 15 is 0 Å². The Bertz CT molecular complexity index is 400. The number of aromatic nitrogens is 1. The highest BCUT2D eigenvalue weighted by molar-refractivity contribution is 5.88. The van der Waals surface area contributed by atoms with Crippen LogP contribution in [0.25, 0.3) is 0 Å². The van der Waals surface area contributed by atoms with E-state index in [0.717, 1.165) is 13.0 Å². The van der Waals surface area contributed by atoms with Gasteiger partial charge in [0.2, 0.25) is 0 Å². The monoisotopic (exact) mass is 220 g/mol. The van der Waals surface area contributed by atoms with E-state index in [2.05, 4.69) is 10.3 Å². The molecule has 0 aliphatic carbocycles. The van der Waals surface area contributed by atoms with Crippen molar-refractivity contribution in [3.8, 4) is 0 Å². The van der Waals surface area contributed by atoms with E-state index in [4.69, 9.17) is 5.11 Å². The van der Waals surface area contributed by atoms with E-state index in [1.54, 1.807) is 19.1 Å². The van der Waals surface area contributed by atoms with Crippen LogP contribution < -0.4 is 5.32 Å². The van der Waals surface area contributed by atoms with E-state index in [1.807, 2.05) is 19.1 Å². The molecule has 2 N–H and O–H groups in total. The molecule has 1 heterocycles. The van der Waals surface area contributed by atoms with E-state index in [0.29, 0.717) is 11.5 Å². The topological polar surface area (TPSA) is 62.2 Å². The highest BCUT2D eigenvalue weighted by atomic mass is 16.4. The zero-order valence-corrected chi connectivity index (χ0v) is 9.53. The summed E-state index contributed by atoms with van der Waals surface area (Å²) in [5.41, 5.74) is 0.967. The summed E-state index contributed by atoms with van der Waals surface area (Å²) in [6, 6.07) is 3.10. The molecule has 1 aromatic heterocycles. The van der Waals surface area contributed by atoms with E-state index in [1.165, 1.54) is 0 Å². The summed E-state index contributed by atoms with van der Waals surface area (Å²) < 4.78 is 0. The Hall–Kier alpha value is -1.84. The number of anilines is 1. The summed E-state index contributed by atoms with van der Waals surface area (Å²) >= 11 is 0. The van der Waals surface area contributed by atoms with Gasteiger partial charge in [0.15, 0.2) is 0 Å². The summed E-state index contributed by atoms with van der Waals surface area (Å²) in [5, 5.41) is 12.0. The third-order valence-electron chi connectivity index (χ3n) is 2.05. The Morgan fingerprint density at radius 2 is 2.31 bits per heavy atom. The summed E-state index contributed by atoms with van der Waals surface area (Å²) in [6.45, 7) is 4.50. The van der Waals surface area contributed by atoms with Crippen molar-refractivity contribution < 1.29 is 9.90 Å². The van der Waals surface area contributed by atoms with E-state index in [9.17, 15) is 4.79 Å². The number of hydrogen-bond donors (Lipinski definition) is 2. The minimum atomic E-state index is -0.929. The molecule has 0 radical (unpaired) electrons. The molecule has 0 bridgehead atoms. The number of aryl methyl sites for hydroxylation is 1. The average Bonchev–Trinajstić information content (AvgIpc) is 2.23. The molecule has 1 aromatic rings. The largest absolute Gasteiger partial charge is 0.478 e. The molecule has 0 saturated heterocycles. The number of carboxylic acids is 1. The van der Waals surface area contributed by atoms with Crippen LogP contribution in [0.15, 0.2) is 24.3 Å². The summed E-state index contributed by atoms with van der Waals surface area (Å²) in [5.74, 6) is -0.316. The van der Waals surface area contributed by atoms with Crippen LogP contribution in [0.3, 0.4) is 0 Å². The quantitative estimate of drug-likeness (QED) is 0.591. The number of aromatic carboxylic acids is 1. The van der Waals surface area contributed by atoms with Gasteiger partial charge in [0, 0.05) is 12.2 Å². The first-order chi connectivity index (χ1) is 7.63. The lowest BCUT2D eigenvalue weighted by Gasteiger charge is -2.06. The maximum absolute atomic E-state index is 10.8. The maximum atomic E-state index is 10.8. The van der Waals surface area contributed by atoms with Gasteiger partial charge in [-0.1, -0.05) is 12.2 Å². The summed E-state index contributed by atoms with van der Waals surface area (Å²) in [4.78, 5) is 15.0. The van der Waals surface area contributed by atoms with Crippen LogP contribution in [-0.2, 0) is 0 Å². The molecular weight excluding hydrogens is 204 g/mol.